The number of Topliss-reactive ketones (excluding diaryl/α,β-unsaturated/α-hetero) is 1. The molecule has 70 valence electrons. The minimum atomic E-state index is 0. The first-order chi connectivity index (χ1) is 5.38. The van der Waals surface area contributed by atoms with E-state index in [4.69, 9.17) is 0 Å². The molecule has 5 heteroatoms. The molecule has 0 unspecified atom stereocenters. The van der Waals surface area contributed by atoms with Gasteiger partial charge in [-0.05, 0) is 12.1 Å². The van der Waals surface area contributed by atoms with Gasteiger partial charge in [-0.2, -0.15) is 0 Å². The second-order valence-corrected chi connectivity index (χ2v) is 2.31. The number of aromatic nitrogens is 1. The largest absolute Gasteiger partial charge is 0.292 e. The number of hydrogen-bond donors (Lipinski definition) is 0. The van der Waals surface area contributed by atoms with E-state index in [0.717, 1.165) is 0 Å². The smallest absolute Gasteiger partial charge is 0.188 e. The quantitative estimate of drug-likeness (QED) is 0.671. The minimum absolute atomic E-state index is 0. The summed E-state index contributed by atoms with van der Waals surface area (Å²) in [4.78, 5) is 19.1. The van der Waals surface area contributed by atoms with Gasteiger partial charge in [-0.25, -0.2) is 0 Å². The Balaban J connectivity index is 0.000000720. The van der Waals surface area contributed by atoms with E-state index in [-0.39, 0.29) is 30.6 Å². The summed E-state index contributed by atoms with van der Waals surface area (Å²) in [5, 5.41) is 0. The van der Waals surface area contributed by atoms with Gasteiger partial charge in [-0.15, -0.1) is 24.8 Å². The van der Waals surface area contributed by atoms with E-state index in [9.17, 15) is 4.79 Å². The third kappa shape index (κ3) is 2.26. The molecular formula is C8H8Cl2N2O. The van der Waals surface area contributed by atoms with Crippen LogP contribution in [0.4, 0.5) is 5.69 Å². The fourth-order valence-electron chi connectivity index (χ4n) is 1.04. The van der Waals surface area contributed by atoms with Gasteiger partial charge in [0.2, 0.25) is 0 Å². The molecule has 1 aliphatic rings. The third-order valence-corrected chi connectivity index (χ3v) is 1.56. The molecule has 0 atom stereocenters. The van der Waals surface area contributed by atoms with Crippen LogP contribution in [-0.2, 0) is 0 Å². The van der Waals surface area contributed by atoms with Crippen LogP contribution >= 0.6 is 24.8 Å². The Bertz CT molecular complexity index is 339. The van der Waals surface area contributed by atoms with Crippen molar-refractivity contribution in [3.63, 3.8) is 0 Å². The molecule has 0 saturated heterocycles. The Labute approximate surface area is 88.1 Å². The van der Waals surface area contributed by atoms with Gasteiger partial charge in [-0.3, -0.25) is 14.8 Å². The van der Waals surface area contributed by atoms with Crippen LogP contribution < -0.4 is 0 Å². The van der Waals surface area contributed by atoms with Crippen molar-refractivity contribution < 1.29 is 4.79 Å². The first-order valence-electron chi connectivity index (χ1n) is 3.38. The third-order valence-electron chi connectivity index (χ3n) is 1.56. The number of rotatable bonds is 0. The van der Waals surface area contributed by atoms with Crippen LogP contribution in [0.15, 0.2) is 23.3 Å². The number of nitrogens with zero attached hydrogens (tertiary/aromatic N) is 2. The number of ketones is 1. The highest BCUT2D eigenvalue weighted by Crippen LogP contribution is 2.20. The second-order valence-electron chi connectivity index (χ2n) is 2.31. The fourth-order valence-corrected chi connectivity index (χ4v) is 1.04. The van der Waals surface area contributed by atoms with Crippen molar-refractivity contribution in [2.75, 3.05) is 0 Å². The number of aliphatic imine (C=N–C) groups is 1. The highest BCUT2D eigenvalue weighted by molar-refractivity contribution is 6.08. The van der Waals surface area contributed by atoms with E-state index >= 15 is 0 Å². The summed E-state index contributed by atoms with van der Waals surface area (Å²) < 4.78 is 0. The van der Waals surface area contributed by atoms with Crippen molar-refractivity contribution in [2.45, 2.75) is 6.42 Å². The molecule has 0 aromatic carbocycles. The maximum atomic E-state index is 11.1. The number of carbonyl (C=O) groups excluding carboxylic acids is 1. The number of halogens is 2. The summed E-state index contributed by atoms with van der Waals surface area (Å²) in [5.41, 5.74) is 1.18. The normalized spacial score (nSPS) is 12.5. The fraction of sp³-hybridized carbons (Fsp3) is 0.125. The average Bonchev–Trinajstić information content (AvgIpc) is 2.06. The maximum Gasteiger partial charge on any atom is 0.188 e. The maximum absolute atomic E-state index is 11.1. The van der Waals surface area contributed by atoms with E-state index < -0.39 is 0 Å². The van der Waals surface area contributed by atoms with Gasteiger partial charge in [0.1, 0.15) is 5.69 Å². The molecule has 0 bridgehead atoms. The monoisotopic (exact) mass is 218 g/mol. The Kier molecular flexibility index (Phi) is 4.59. The molecule has 0 spiro atoms. The van der Waals surface area contributed by atoms with Gasteiger partial charge in [0.05, 0.1) is 5.69 Å². The molecule has 0 fully saturated rings. The van der Waals surface area contributed by atoms with Crippen LogP contribution in [0.2, 0.25) is 0 Å². The lowest BCUT2D eigenvalue weighted by molar-refractivity contribution is 0.0996. The van der Waals surface area contributed by atoms with Crippen molar-refractivity contribution in [1.29, 1.82) is 0 Å². The number of pyridine rings is 1. The molecule has 0 radical (unpaired) electrons. The van der Waals surface area contributed by atoms with Gasteiger partial charge in [0.25, 0.3) is 0 Å². The zero-order chi connectivity index (χ0) is 7.68. The lowest BCUT2D eigenvalue weighted by Gasteiger charge is -2.04. The van der Waals surface area contributed by atoms with Crippen LogP contribution in [0.1, 0.15) is 16.9 Å². The summed E-state index contributed by atoms with van der Waals surface area (Å²) in [6.07, 6.45) is 3.61. The number of carbonyl (C=O) groups is 1. The lowest BCUT2D eigenvalue weighted by atomic mass is 10.1. The zero-order valence-electron chi connectivity index (χ0n) is 6.64. The summed E-state index contributed by atoms with van der Waals surface area (Å²) in [5.74, 6) is 0.0515. The molecule has 1 aromatic rings. The summed E-state index contributed by atoms with van der Waals surface area (Å²) >= 11 is 0. The van der Waals surface area contributed by atoms with Crippen LogP contribution in [0.5, 0.6) is 0 Å². The SMILES string of the molecule is Cl.Cl.O=C1CC=Nc2cccnc21. The van der Waals surface area contributed by atoms with Gasteiger partial charge in [0, 0.05) is 18.8 Å². The van der Waals surface area contributed by atoms with Gasteiger partial charge < -0.3 is 0 Å². The average molecular weight is 219 g/mol. The highest BCUT2D eigenvalue weighted by Gasteiger charge is 2.13. The molecule has 0 N–H and O–H groups in total. The summed E-state index contributed by atoms with van der Waals surface area (Å²) in [7, 11) is 0. The van der Waals surface area contributed by atoms with Crippen molar-refractivity contribution in [2.24, 2.45) is 4.99 Å². The first-order valence-corrected chi connectivity index (χ1v) is 3.38. The predicted octanol–water partition coefficient (Wildman–Crippen LogP) is 2.21. The molecule has 2 heterocycles. The molecule has 0 amide bonds. The van der Waals surface area contributed by atoms with Gasteiger partial charge in [0.15, 0.2) is 5.78 Å². The number of hydrogen-bond acceptors (Lipinski definition) is 3. The Morgan fingerprint density at radius 2 is 2.08 bits per heavy atom. The van der Waals surface area contributed by atoms with Crippen molar-refractivity contribution in [3.05, 3.63) is 24.0 Å². The van der Waals surface area contributed by atoms with Crippen molar-refractivity contribution in [1.82, 2.24) is 4.98 Å². The van der Waals surface area contributed by atoms with Crippen LogP contribution in [0.25, 0.3) is 0 Å². The Hall–Kier alpha value is -0.930. The Morgan fingerprint density at radius 3 is 2.77 bits per heavy atom. The van der Waals surface area contributed by atoms with Crippen molar-refractivity contribution >= 4 is 42.5 Å². The van der Waals surface area contributed by atoms with E-state index in [1.807, 2.05) is 0 Å². The summed E-state index contributed by atoms with van der Waals surface area (Å²) in [6.45, 7) is 0. The Morgan fingerprint density at radius 1 is 1.31 bits per heavy atom. The van der Waals surface area contributed by atoms with Crippen LogP contribution in [0, 0.1) is 0 Å². The lowest BCUT2D eigenvalue weighted by Crippen LogP contribution is -2.06. The molecule has 0 saturated carbocycles. The van der Waals surface area contributed by atoms with Crippen LogP contribution in [0.3, 0.4) is 0 Å². The van der Waals surface area contributed by atoms with Gasteiger partial charge >= 0.3 is 0 Å². The van der Waals surface area contributed by atoms with E-state index in [1.54, 1.807) is 24.5 Å². The van der Waals surface area contributed by atoms with E-state index in [1.165, 1.54) is 0 Å². The highest BCUT2D eigenvalue weighted by atomic mass is 35.5. The minimum Gasteiger partial charge on any atom is -0.292 e. The van der Waals surface area contributed by atoms with Gasteiger partial charge in [-0.1, -0.05) is 0 Å². The topological polar surface area (TPSA) is 42.3 Å². The van der Waals surface area contributed by atoms with E-state index in [0.29, 0.717) is 17.8 Å². The zero-order valence-corrected chi connectivity index (χ0v) is 8.27. The molecule has 2 rings (SSSR count). The molecule has 13 heavy (non-hydrogen) atoms. The molecular weight excluding hydrogens is 211 g/mol. The predicted molar refractivity (Wildman–Crippen MR) is 55.8 cm³/mol. The van der Waals surface area contributed by atoms with E-state index in [2.05, 4.69) is 9.98 Å². The second kappa shape index (κ2) is 4.94. The molecule has 1 aromatic heterocycles. The first kappa shape index (κ1) is 12.1. The standard InChI is InChI=1S/C8H6N2O.2ClH/c11-7-3-5-9-6-2-1-4-10-8(6)7;;/h1-2,4-5H,3H2;2*1H. The molecule has 1 aliphatic heterocycles. The molecule has 0 aliphatic carbocycles. The summed E-state index contributed by atoms with van der Waals surface area (Å²) in [6, 6.07) is 3.56. The molecule has 3 nitrogen and oxygen atoms in total. The number of fused-ring (bicyclic) bond motifs is 1. The van der Waals surface area contributed by atoms with Crippen molar-refractivity contribution in [3.8, 4) is 0 Å². The van der Waals surface area contributed by atoms with Crippen LogP contribution in [-0.4, -0.2) is 17.0 Å².